The number of carbonyl (C=O) groups is 1. The normalized spacial score (nSPS) is 26.6. The molecule has 2 unspecified atom stereocenters. The third-order valence-corrected chi connectivity index (χ3v) is 6.56. The third kappa shape index (κ3) is 2.46. The highest BCUT2D eigenvalue weighted by molar-refractivity contribution is 7.91. The van der Waals surface area contributed by atoms with E-state index in [0.29, 0.717) is 11.3 Å². The first kappa shape index (κ1) is 14.5. The molecule has 1 saturated heterocycles. The van der Waals surface area contributed by atoms with E-state index in [2.05, 4.69) is 4.90 Å². The molecule has 3 rings (SSSR count). The number of sulfone groups is 1. The van der Waals surface area contributed by atoms with Gasteiger partial charge in [-0.1, -0.05) is 25.1 Å². The Morgan fingerprint density at radius 2 is 2.00 bits per heavy atom. The highest BCUT2D eigenvalue weighted by atomic mass is 32.2. The molecule has 5 nitrogen and oxygen atoms in total. The number of aliphatic carboxylic acids is 1. The summed E-state index contributed by atoms with van der Waals surface area (Å²) >= 11 is 0. The minimum absolute atomic E-state index is 0.0990. The lowest BCUT2D eigenvalue weighted by Gasteiger charge is -2.47. The molecule has 1 aromatic carbocycles. The van der Waals surface area contributed by atoms with E-state index >= 15 is 0 Å². The van der Waals surface area contributed by atoms with Crippen molar-refractivity contribution >= 4 is 15.8 Å². The maximum atomic E-state index is 12.1. The molecule has 0 bridgehead atoms. The minimum Gasteiger partial charge on any atom is -0.481 e. The number of carboxylic acids is 1. The van der Waals surface area contributed by atoms with Gasteiger partial charge in [-0.05, 0) is 24.0 Å². The van der Waals surface area contributed by atoms with Crippen LogP contribution in [0.3, 0.4) is 0 Å². The summed E-state index contributed by atoms with van der Waals surface area (Å²) in [7, 11) is -3.16. The van der Waals surface area contributed by atoms with Gasteiger partial charge < -0.3 is 5.11 Å². The van der Waals surface area contributed by atoms with Crippen molar-refractivity contribution in [3.8, 4) is 0 Å². The van der Waals surface area contributed by atoms with Gasteiger partial charge in [0.2, 0.25) is 0 Å². The largest absolute Gasteiger partial charge is 0.481 e. The number of benzene rings is 1. The number of hydrogen-bond donors (Lipinski definition) is 1. The number of rotatable bonds is 3. The van der Waals surface area contributed by atoms with Crippen LogP contribution in [-0.2, 0) is 14.6 Å². The molecule has 0 amide bonds. The maximum absolute atomic E-state index is 12.1. The van der Waals surface area contributed by atoms with Gasteiger partial charge in [-0.25, -0.2) is 8.42 Å². The van der Waals surface area contributed by atoms with E-state index in [0.717, 1.165) is 18.7 Å². The van der Waals surface area contributed by atoms with Crippen LogP contribution in [0.4, 0.5) is 0 Å². The summed E-state index contributed by atoms with van der Waals surface area (Å²) in [5.74, 6) is -0.770. The molecule has 2 heterocycles. The molecule has 2 aliphatic rings. The van der Waals surface area contributed by atoms with E-state index in [-0.39, 0.29) is 23.6 Å². The molecule has 1 N–H and O–H groups in total. The Morgan fingerprint density at radius 1 is 1.33 bits per heavy atom. The number of carboxylic acid groups (broad SMARTS) is 1. The Kier molecular flexibility index (Phi) is 3.53. The van der Waals surface area contributed by atoms with Gasteiger partial charge in [-0.2, -0.15) is 0 Å². The molecule has 0 aromatic heterocycles. The van der Waals surface area contributed by atoms with Crippen LogP contribution in [0.15, 0.2) is 29.2 Å². The molecule has 0 aliphatic carbocycles. The van der Waals surface area contributed by atoms with Crippen molar-refractivity contribution in [2.75, 3.05) is 18.8 Å². The topological polar surface area (TPSA) is 74.7 Å². The van der Waals surface area contributed by atoms with Crippen molar-refractivity contribution in [1.82, 2.24) is 4.90 Å². The monoisotopic (exact) mass is 309 g/mol. The molecule has 0 radical (unpaired) electrons. The summed E-state index contributed by atoms with van der Waals surface area (Å²) in [4.78, 5) is 13.6. The van der Waals surface area contributed by atoms with Crippen molar-refractivity contribution in [3.63, 3.8) is 0 Å². The highest BCUT2D eigenvalue weighted by Gasteiger charge is 2.41. The van der Waals surface area contributed by atoms with Gasteiger partial charge in [0.15, 0.2) is 9.84 Å². The molecule has 114 valence electrons. The SMILES string of the molecule is CC(C(=O)O)C1CN(C2CCS(=O)(=O)c3ccccc32)C1. The molecule has 2 atom stereocenters. The smallest absolute Gasteiger partial charge is 0.306 e. The maximum Gasteiger partial charge on any atom is 0.306 e. The Bertz CT molecular complexity index is 664. The Labute approximate surface area is 124 Å². The third-order valence-electron chi connectivity index (χ3n) is 4.75. The van der Waals surface area contributed by atoms with Crippen molar-refractivity contribution < 1.29 is 18.3 Å². The molecular weight excluding hydrogens is 290 g/mol. The van der Waals surface area contributed by atoms with E-state index in [1.54, 1.807) is 19.1 Å². The lowest BCUT2D eigenvalue weighted by molar-refractivity contribution is -0.146. The molecule has 2 aliphatic heterocycles. The van der Waals surface area contributed by atoms with Gasteiger partial charge in [-0.3, -0.25) is 9.69 Å². The summed E-state index contributed by atoms with van der Waals surface area (Å²) in [6, 6.07) is 7.27. The Hall–Kier alpha value is -1.40. The molecule has 21 heavy (non-hydrogen) atoms. The second-order valence-corrected chi connectivity index (χ2v) is 8.08. The van der Waals surface area contributed by atoms with Crippen LogP contribution in [0.25, 0.3) is 0 Å². The van der Waals surface area contributed by atoms with E-state index < -0.39 is 15.8 Å². The van der Waals surface area contributed by atoms with E-state index in [1.807, 2.05) is 12.1 Å². The van der Waals surface area contributed by atoms with Gasteiger partial charge in [0, 0.05) is 19.1 Å². The lowest BCUT2D eigenvalue weighted by atomic mass is 9.84. The summed E-state index contributed by atoms with van der Waals surface area (Å²) in [5, 5.41) is 9.04. The average Bonchev–Trinajstić information content (AvgIpc) is 2.39. The Balaban J connectivity index is 1.79. The molecule has 1 fully saturated rings. The standard InChI is InChI=1S/C15H19NO4S/c1-10(15(17)18)11-8-16(9-11)13-6-7-21(19,20)14-5-3-2-4-12(13)14/h2-5,10-11,13H,6-9H2,1H3,(H,17,18). The molecule has 0 saturated carbocycles. The lowest BCUT2D eigenvalue weighted by Crippen LogP contribution is -2.53. The highest BCUT2D eigenvalue weighted by Crippen LogP contribution is 2.40. The van der Waals surface area contributed by atoms with Gasteiger partial charge in [-0.15, -0.1) is 0 Å². The van der Waals surface area contributed by atoms with Gasteiger partial charge in [0.25, 0.3) is 0 Å². The zero-order chi connectivity index (χ0) is 15.2. The Morgan fingerprint density at radius 3 is 2.67 bits per heavy atom. The fraction of sp³-hybridized carbons (Fsp3) is 0.533. The fourth-order valence-corrected chi connectivity index (χ4v) is 4.87. The van der Waals surface area contributed by atoms with Crippen LogP contribution in [0, 0.1) is 11.8 Å². The van der Waals surface area contributed by atoms with E-state index in [1.165, 1.54) is 0 Å². The van der Waals surface area contributed by atoms with Crippen LogP contribution in [0.1, 0.15) is 24.9 Å². The van der Waals surface area contributed by atoms with Crippen molar-refractivity contribution in [2.45, 2.75) is 24.3 Å². The fourth-order valence-electron chi connectivity index (χ4n) is 3.27. The van der Waals surface area contributed by atoms with Gasteiger partial charge >= 0.3 is 5.97 Å². The first-order chi connectivity index (χ1) is 9.90. The number of hydrogen-bond acceptors (Lipinski definition) is 4. The molecule has 6 heteroatoms. The zero-order valence-electron chi connectivity index (χ0n) is 11.9. The average molecular weight is 309 g/mol. The predicted molar refractivity (Wildman–Crippen MR) is 77.7 cm³/mol. The first-order valence-electron chi connectivity index (χ1n) is 7.18. The summed E-state index contributed by atoms with van der Waals surface area (Å²) in [6.45, 7) is 3.20. The number of nitrogens with zero attached hydrogens (tertiary/aromatic N) is 1. The summed E-state index contributed by atoms with van der Waals surface area (Å²) in [5.41, 5.74) is 0.866. The van der Waals surface area contributed by atoms with Crippen molar-refractivity contribution in [1.29, 1.82) is 0 Å². The van der Waals surface area contributed by atoms with Crippen LogP contribution in [0.5, 0.6) is 0 Å². The van der Waals surface area contributed by atoms with E-state index in [4.69, 9.17) is 5.11 Å². The van der Waals surface area contributed by atoms with Crippen LogP contribution in [0.2, 0.25) is 0 Å². The summed E-state index contributed by atoms with van der Waals surface area (Å²) < 4.78 is 24.2. The van der Waals surface area contributed by atoms with Crippen LogP contribution < -0.4 is 0 Å². The van der Waals surface area contributed by atoms with Crippen LogP contribution in [-0.4, -0.2) is 43.2 Å². The zero-order valence-corrected chi connectivity index (χ0v) is 12.7. The molecule has 1 aromatic rings. The van der Waals surface area contributed by atoms with Gasteiger partial charge in [0.1, 0.15) is 0 Å². The molecular formula is C15H19NO4S. The van der Waals surface area contributed by atoms with Crippen molar-refractivity contribution in [3.05, 3.63) is 29.8 Å². The molecule has 0 spiro atoms. The van der Waals surface area contributed by atoms with E-state index in [9.17, 15) is 13.2 Å². The predicted octanol–water partition coefficient (Wildman–Crippen LogP) is 1.56. The van der Waals surface area contributed by atoms with Crippen LogP contribution >= 0.6 is 0 Å². The number of likely N-dealkylation sites (tertiary alicyclic amines) is 1. The second kappa shape index (κ2) is 5.10. The van der Waals surface area contributed by atoms with Crippen molar-refractivity contribution in [2.24, 2.45) is 11.8 Å². The van der Waals surface area contributed by atoms with Gasteiger partial charge in [0.05, 0.1) is 16.6 Å². The minimum atomic E-state index is -3.16. The second-order valence-electron chi connectivity index (χ2n) is 6.00. The first-order valence-corrected chi connectivity index (χ1v) is 8.84. The number of fused-ring (bicyclic) bond motifs is 1. The quantitative estimate of drug-likeness (QED) is 0.917. The summed E-state index contributed by atoms with van der Waals surface area (Å²) in [6.07, 6.45) is 0.591.